The first-order valence-electron chi connectivity index (χ1n) is 5.87. The minimum absolute atomic E-state index is 0.704. The zero-order chi connectivity index (χ0) is 13.2. The van der Waals surface area contributed by atoms with Gasteiger partial charge in [0.05, 0.1) is 23.3 Å². The number of nitrogens with zero attached hydrogens (tertiary/aromatic N) is 3. The van der Waals surface area contributed by atoms with Crippen LogP contribution in [0.15, 0.2) is 30.0 Å². The van der Waals surface area contributed by atoms with E-state index in [9.17, 15) is 0 Å². The highest BCUT2D eigenvalue weighted by Crippen LogP contribution is 2.22. The Morgan fingerprint density at radius 1 is 1.26 bits per heavy atom. The van der Waals surface area contributed by atoms with Gasteiger partial charge in [0.15, 0.2) is 0 Å². The highest BCUT2D eigenvalue weighted by atomic mass is 32.1. The van der Waals surface area contributed by atoms with E-state index in [4.69, 9.17) is 5.73 Å². The highest BCUT2D eigenvalue weighted by molar-refractivity contribution is 7.09. The fraction of sp³-hybridized carbons (Fsp3) is 0.154. The van der Waals surface area contributed by atoms with Crippen LogP contribution in [0.25, 0.3) is 10.9 Å². The maximum Gasteiger partial charge on any atom is 0.137 e. The molecule has 2 aromatic heterocycles. The van der Waals surface area contributed by atoms with Crippen LogP contribution in [0, 0.1) is 6.92 Å². The Hall–Kier alpha value is -2.21. The van der Waals surface area contributed by atoms with Gasteiger partial charge in [0.1, 0.15) is 12.1 Å². The normalized spacial score (nSPS) is 10.8. The van der Waals surface area contributed by atoms with Gasteiger partial charge in [-0.15, -0.1) is 11.3 Å². The summed E-state index contributed by atoms with van der Waals surface area (Å²) in [4.78, 5) is 14.0. The van der Waals surface area contributed by atoms with Crippen molar-refractivity contribution < 1.29 is 0 Å². The van der Waals surface area contributed by atoms with Gasteiger partial charge >= 0.3 is 0 Å². The minimum Gasteiger partial charge on any atom is -0.399 e. The van der Waals surface area contributed by atoms with Gasteiger partial charge in [0.25, 0.3) is 0 Å². The molecule has 0 saturated heterocycles. The van der Waals surface area contributed by atoms with Crippen molar-refractivity contribution in [1.82, 2.24) is 15.0 Å². The molecule has 0 fully saturated rings. The Balaban J connectivity index is 1.91. The molecule has 0 aliphatic carbocycles. The van der Waals surface area contributed by atoms with Crippen molar-refractivity contribution >= 4 is 33.7 Å². The first kappa shape index (κ1) is 11.9. The van der Waals surface area contributed by atoms with Crippen LogP contribution in [-0.2, 0) is 6.54 Å². The second kappa shape index (κ2) is 4.81. The van der Waals surface area contributed by atoms with Crippen molar-refractivity contribution in [2.24, 2.45) is 0 Å². The van der Waals surface area contributed by atoms with Gasteiger partial charge < -0.3 is 11.1 Å². The fourth-order valence-electron chi connectivity index (χ4n) is 1.87. The second-order valence-electron chi connectivity index (χ2n) is 4.21. The van der Waals surface area contributed by atoms with Gasteiger partial charge in [-0.2, -0.15) is 0 Å². The molecule has 0 aliphatic heterocycles. The first-order chi connectivity index (χ1) is 9.24. The summed E-state index contributed by atoms with van der Waals surface area (Å²) >= 11 is 1.64. The molecule has 5 nitrogen and oxygen atoms in total. The SMILES string of the molecule is Cc1ncsc1CNc1ncnc2cc(N)ccc12. The Bertz CT molecular complexity index is 722. The smallest absolute Gasteiger partial charge is 0.137 e. The van der Waals surface area contributed by atoms with Crippen LogP contribution in [-0.4, -0.2) is 15.0 Å². The number of aromatic nitrogens is 3. The van der Waals surface area contributed by atoms with E-state index in [2.05, 4.69) is 20.3 Å². The van der Waals surface area contributed by atoms with Crippen LogP contribution in [0.2, 0.25) is 0 Å². The topological polar surface area (TPSA) is 76.7 Å². The lowest BCUT2D eigenvalue weighted by molar-refractivity contribution is 1.09. The van der Waals surface area contributed by atoms with E-state index in [0.717, 1.165) is 22.4 Å². The summed E-state index contributed by atoms with van der Waals surface area (Å²) < 4.78 is 0. The molecular weight excluding hydrogens is 258 g/mol. The van der Waals surface area contributed by atoms with Crippen LogP contribution >= 0.6 is 11.3 Å². The number of nitrogens with two attached hydrogens (primary N) is 1. The van der Waals surface area contributed by atoms with E-state index in [1.165, 1.54) is 4.88 Å². The van der Waals surface area contributed by atoms with Gasteiger partial charge in [0, 0.05) is 16.0 Å². The number of thiazole rings is 1. The van der Waals surface area contributed by atoms with Crippen molar-refractivity contribution in [3.05, 3.63) is 40.6 Å². The number of hydrogen-bond acceptors (Lipinski definition) is 6. The lowest BCUT2D eigenvalue weighted by Crippen LogP contribution is -2.02. The van der Waals surface area contributed by atoms with Crippen LogP contribution in [0.5, 0.6) is 0 Å². The molecule has 0 unspecified atom stereocenters. The van der Waals surface area contributed by atoms with Gasteiger partial charge in [-0.1, -0.05) is 0 Å². The van der Waals surface area contributed by atoms with Crippen molar-refractivity contribution in [1.29, 1.82) is 0 Å². The highest BCUT2D eigenvalue weighted by Gasteiger charge is 2.05. The van der Waals surface area contributed by atoms with Crippen LogP contribution in [0.4, 0.5) is 11.5 Å². The third kappa shape index (κ3) is 2.34. The predicted molar refractivity (Wildman–Crippen MR) is 78.1 cm³/mol. The molecule has 0 radical (unpaired) electrons. The van der Waals surface area contributed by atoms with Crippen LogP contribution < -0.4 is 11.1 Å². The lowest BCUT2D eigenvalue weighted by Gasteiger charge is -2.07. The third-order valence-electron chi connectivity index (χ3n) is 2.92. The van der Waals surface area contributed by atoms with Crippen LogP contribution in [0.1, 0.15) is 10.6 Å². The van der Waals surface area contributed by atoms with Crippen LogP contribution in [0.3, 0.4) is 0 Å². The van der Waals surface area contributed by atoms with Gasteiger partial charge in [-0.3, -0.25) is 0 Å². The molecule has 3 rings (SSSR count). The van der Waals surface area contributed by atoms with E-state index < -0.39 is 0 Å². The van der Waals surface area contributed by atoms with Crippen molar-refractivity contribution in [2.75, 3.05) is 11.1 Å². The largest absolute Gasteiger partial charge is 0.399 e. The fourth-order valence-corrected chi connectivity index (χ4v) is 2.59. The summed E-state index contributed by atoms with van der Waals surface area (Å²) in [5, 5.41) is 4.30. The van der Waals surface area contributed by atoms with E-state index in [-0.39, 0.29) is 0 Å². The van der Waals surface area contributed by atoms with Gasteiger partial charge in [-0.05, 0) is 25.1 Å². The standard InChI is InChI=1S/C13H13N5S/c1-8-12(19-7-18-8)5-15-13-10-3-2-9(14)4-11(10)16-6-17-13/h2-4,6-7H,5,14H2,1H3,(H,15,16,17). The molecule has 96 valence electrons. The molecule has 0 aliphatic rings. The minimum atomic E-state index is 0.704. The maximum atomic E-state index is 5.76. The summed E-state index contributed by atoms with van der Waals surface area (Å²) in [5.41, 5.74) is 10.2. The number of rotatable bonds is 3. The van der Waals surface area contributed by atoms with E-state index in [1.54, 1.807) is 17.7 Å². The Morgan fingerprint density at radius 2 is 2.16 bits per heavy atom. The number of benzene rings is 1. The zero-order valence-corrected chi connectivity index (χ0v) is 11.2. The molecule has 2 heterocycles. The third-order valence-corrected chi connectivity index (χ3v) is 3.86. The molecule has 1 aromatic carbocycles. The lowest BCUT2D eigenvalue weighted by atomic mass is 10.2. The number of nitrogens with one attached hydrogen (secondary N) is 1. The molecule has 19 heavy (non-hydrogen) atoms. The molecule has 0 spiro atoms. The summed E-state index contributed by atoms with van der Waals surface area (Å²) in [6.07, 6.45) is 1.55. The summed E-state index contributed by atoms with van der Waals surface area (Å²) in [5.74, 6) is 0.817. The average Bonchev–Trinajstić information content (AvgIpc) is 2.81. The Kier molecular flexibility index (Phi) is 3.00. The van der Waals surface area contributed by atoms with Crippen molar-refractivity contribution in [2.45, 2.75) is 13.5 Å². The number of hydrogen-bond donors (Lipinski definition) is 2. The number of aryl methyl sites for hydroxylation is 1. The Labute approximate surface area is 114 Å². The quantitative estimate of drug-likeness (QED) is 0.716. The summed E-state index contributed by atoms with van der Waals surface area (Å²) in [6, 6.07) is 5.64. The molecule has 0 bridgehead atoms. The van der Waals surface area contributed by atoms with Crippen molar-refractivity contribution in [3.8, 4) is 0 Å². The monoisotopic (exact) mass is 271 g/mol. The number of nitrogen functional groups attached to an aromatic ring is 1. The molecule has 3 aromatic rings. The van der Waals surface area contributed by atoms with Gasteiger partial charge in [0.2, 0.25) is 0 Å². The molecule has 0 amide bonds. The first-order valence-corrected chi connectivity index (χ1v) is 6.75. The number of anilines is 2. The van der Waals surface area contributed by atoms with E-state index in [1.807, 2.05) is 30.6 Å². The average molecular weight is 271 g/mol. The zero-order valence-electron chi connectivity index (χ0n) is 10.4. The van der Waals surface area contributed by atoms with Crippen molar-refractivity contribution in [3.63, 3.8) is 0 Å². The maximum absolute atomic E-state index is 5.76. The summed E-state index contributed by atoms with van der Waals surface area (Å²) in [7, 11) is 0. The van der Waals surface area contributed by atoms with Gasteiger partial charge in [-0.25, -0.2) is 15.0 Å². The molecule has 0 saturated carbocycles. The molecule has 6 heteroatoms. The van der Waals surface area contributed by atoms with E-state index >= 15 is 0 Å². The van der Waals surface area contributed by atoms with E-state index in [0.29, 0.717) is 12.2 Å². The Morgan fingerprint density at radius 3 is 2.95 bits per heavy atom. The molecular formula is C13H13N5S. The summed E-state index contributed by atoms with van der Waals surface area (Å²) in [6.45, 7) is 2.72. The predicted octanol–water partition coefficient (Wildman–Crippen LogP) is 2.59. The number of fused-ring (bicyclic) bond motifs is 1. The second-order valence-corrected chi connectivity index (χ2v) is 5.15. The molecule has 3 N–H and O–H groups in total. The molecule has 0 atom stereocenters.